The van der Waals surface area contributed by atoms with Gasteiger partial charge >= 0.3 is 0 Å². The highest BCUT2D eigenvalue weighted by Crippen LogP contribution is 2.28. The molecule has 1 aliphatic rings. The van der Waals surface area contributed by atoms with E-state index < -0.39 is 0 Å². The number of hydrogen-bond acceptors (Lipinski definition) is 2. The standard InChI is InChI=1S/C18H29ClN2/c1-3-6-15-7-5-11-21(12-10-15)17-9-8-16(14-20-4-2)18(19)13-17/h8-9,13,15,20H,3-7,10-12,14H2,1-2H3. The minimum Gasteiger partial charge on any atom is -0.371 e. The smallest absolute Gasteiger partial charge is 0.0471 e. The zero-order valence-corrected chi connectivity index (χ0v) is 14.3. The van der Waals surface area contributed by atoms with Crippen LogP contribution < -0.4 is 10.2 Å². The first-order chi connectivity index (χ1) is 10.2. The third-order valence-corrected chi connectivity index (χ3v) is 4.86. The van der Waals surface area contributed by atoms with Gasteiger partial charge in [0.25, 0.3) is 0 Å². The first-order valence-corrected chi connectivity index (χ1v) is 8.86. The quantitative estimate of drug-likeness (QED) is 0.807. The van der Waals surface area contributed by atoms with Crippen LogP contribution in [0.4, 0.5) is 5.69 Å². The fourth-order valence-electron chi connectivity index (χ4n) is 3.26. The van der Waals surface area contributed by atoms with Gasteiger partial charge in [-0.1, -0.05) is 44.4 Å². The van der Waals surface area contributed by atoms with Gasteiger partial charge in [0.2, 0.25) is 0 Å². The Bertz CT molecular complexity index is 433. The highest BCUT2D eigenvalue weighted by Gasteiger charge is 2.17. The molecule has 3 heteroatoms. The molecule has 1 aromatic carbocycles. The lowest BCUT2D eigenvalue weighted by molar-refractivity contribution is 0.435. The molecule has 1 saturated heterocycles. The summed E-state index contributed by atoms with van der Waals surface area (Å²) >= 11 is 6.44. The lowest BCUT2D eigenvalue weighted by atomic mass is 9.96. The van der Waals surface area contributed by atoms with Crippen LogP contribution in [0.15, 0.2) is 18.2 Å². The van der Waals surface area contributed by atoms with E-state index in [1.165, 1.54) is 56.4 Å². The molecule has 1 atom stereocenters. The van der Waals surface area contributed by atoms with Gasteiger partial charge in [0.05, 0.1) is 0 Å². The van der Waals surface area contributed by atoms with Crippen LogP contribution >= 0.6 is 11.6 Å². The summed E-state index contributed by atoms with van der Waals surface area (Å²) in [4.78, 5) is 2.51. The fourth-order valence-corrected chi connectivity index (χ4v) is 3.50. The number of nitrogens with one attached hydrogen (secondary N) is 1. The van der Waals surface area contributed by atoms with Crippen LogP contribution in [0, 0.1) is 5.92 Å². The Hall–Kier alpha value is -0.730. The Morgan fingerprint density at radius 1 is 1.24 bits per heavy atom. The van der Waals surface area contributed by atoms with Crippen molar-refractivity contribution in [2.75, 3.05) is 24.5 Å². The maximum atomic E-state index is 6.44. The molecule has 1 aromatic rings. The molecule has 1 heterocycles. The highest BCUT2D eigenvalue weighted by atomic mass is 35.5. The number of halogens is 1. The van der Waals surface area contributed by atoms with Crippen molar-refractivity contribution in [3.05, 3.63) is 28.8 Å². The van der Waals surface area contributed by atoms with Gasteiger partial charge in [0.15, 0.2) is 0 Å². The Balaban J connectivity index is 1.99. The summed E-state index contributed by atoms with van der Waals surface area (Å²) in [6, 6.07) is 6.56. The second-order valence-electron chi connectivity index (χ2n) is 6.13. The maximum Gasteiger partial charge on any atom is 0.0471 e. The van der Waals surface area contributed by atoms with Crippen LogP contribution in [0.25, 0.3) is 0 Å². The SMILES string of the molecule is CCCC1CCCN(c2ccc(CNCC)c(Cl)c2)CC1. The van der Waals surface area contributed by atoms with Gasteiger partial charge in [-0.05, 0) is 49.4 Å². The van der Waals surface area contributed by atoms with Crippen molar-refractivity contribution in [2.24, 2.45) is 5.92 Å². The van der Waals surface area contributed by atoms with Gasteiger partial charge in [-0.2, -0.15) is 0 Å². The van der Waals surface area contributed by atoms with Gasteiger partial charge in [0.1, 0.15) is 0 Å². The molecule has 2 rings (SSSR count). The van der Waals surface area contributed by atoms with Crippen molar-refractivity contribution in [3.63, 3.8) is 0 Å². The molecule has 0 saturated carbocycles. The number of benzene rings is 1. The van der Waals surface area contributed by atoms with E-state index in [4.69, 9.17) is 11.6 Å². The van der Waals surface area contributed by atoms with Crippen molar-refractivity contribution in [3.8, 4) is 0 Å². The molecule has 0 amide bonds. The van der Waals surface area contributed by atoms with Crippen molar-refractivity contribution in [1.82, 2.24) is 5.32 Å². The van der Waals surface area contributed by atoms with Crippen molar-refractivity contribution >= 4 is 17.3 Å². The zero-order valence-electron chi connectivity index (χ0n) is 13.5. The summed E-state index contributed by atoms with van der Waals surface area (Å²) < 4.78 is 0. The molecule has 2 nitrogen and oxygen atoms in total. The molecule has 0 spiro atoms. The van der Waals surface area contributed by atoms with E-state index in [0.29, 0.717) is 0 Å². The average Bonchev–Trinajstić information content (AvgIpc) is 2.72. The Labute approximate surface area is 134 Å². The van der Waals surface area contributed by atoms with Gasteiger partial charge in [-0.25, -0.2) is 0 Å². The summed E-state index contributed by atoms with van der Waals surface area (Å²) in [6.45, 7) is 8.59. The van der Waals surface area contributed by atoms with Crippen molar-refractivity contribution < 1.29 is 0 Å². The fraction of sp³-hybridized carbons (Fsp3) is 0.667. The Morgan fingerprint density at radius 2 is 2.10 bits per heavy atom. The molecule has 1 unspecified atom stereocenters. The van der Waals surface area contributed by atoms with Crippen LogP contribution in [-0.4, -0.2) is 19.6 Å². The van der Waals surface area contributed by atoms with Crippen LogP contribution in [0.2, 0.25) is 5.02 Å². The number of hydrogen-bond donors (Lipinski definition) is 1. The topological polar surface area (TPSA) is 15.3 Å². The van der Waals surface area contributed by atoms with E-state index in [2.05, 4.69) is 42.3 Å². The molecule has 118 valence electrons. The summed E-state index contributed by atoms with van der Waals surface area (Å²) in [5.41, 5.74) is 2.48. The number of nitrogens with zero attached hydrogens (tertiary/aromatic N) is 1. The van der Waals surface area contributed by atoms with E-state index >= 15 is 0 Å². The van der Waals surface area contributed by atoms with Crippen LogP contribution in [0.1, 0.15) is 51.5 Å². The van der Waals surface area contributed by atoms with E-state index in [-0.39, 0.29) is 0 Å². The summed E-state index contributed by atoms with van der Waals surface area (Å²) in [5, 5.41) is 4.23. The maximum absolute atomic E-state index is 6.44. The third kappa shape index (κ3) is 4.89. The normalized spacial score (nSPS) is 19.6. The average molecular weight is 309 g/mol. The number of anilines is 1. The summed E-state index contributed by atoms with van der Waals surface area (Å²) in [7, 11) is 0. The summed E-state index contributed by atoms with van der Waals surface area (Å²) in [5.74, 6) is 0.920. The monoisotopic (exact) mass is 308 g/mol. The van der Waals surface area contributed by atoms with Gasteiger partial charge in [0, 0.05) is 30.3 Å². The molecular weight excluding hydrogens is 280 g/mol. The predicted molar refractivity (Wildman–Crippen MR) is 93.3 cm³/mol. The second-order valence-corrected chi connectivity index (χ2v) is 6.54. The largest absolute Gasteiger partial charge is 0.371 e. The molecule has 1 fully saturated rings. The van der Waals surface area contributed by atoms with Gasteiger partial charge in [-0.15, -0.1) is 0 Å². The Kier molecular flexibility index (Phi) is 6.85. The van der Waals surface area contributed by atoms with E-state index in [0.717, 1.165) is 24.0 Å². The molecule has 0 bridgehead atoms. The first-order valence-electron chi connectivity index (χ1n) is 8.48. The van der Waals surface area contributed by atoms with Crippen LogP contribution in [0.3, 0.4) is 0 Å². The molecule has 0 aliphatic carbocycles. The van der Waals surface area contributed by atoms with Crippen LogP contribution in [0.5, 0.6) is 0 Å². The minimum atomic E-state index is 0.855. The predicted octanol–water partition coefficient (Wildman–Crippen LogP) is 4.86. The molecule has 0 aromatic heterocycles. The van der Waals surface area contributed by atoms with E-state index in [1.54, 1.807) is 0 Å². The molecule has 0 radical (unpaired) electrons. The van der Waals surface area contributed by atoms with Crippen molar-refractivity contribution in [2.45, 2.75) is 52.5 Å². The Morgan fingerprint density at radius 3 is 2.81 bits per heavy atom. The molecule has 1 aliphatic heterocycles. The van der Waals surface area contributed by atoms with Gasteiger partial charge < -0.3 is 10.2 Å². The van der Waals surface area contributed by atoms with E-state index in [9.17, 15) is 0 Å². The first kappa shape index (κ1) is 16.6. The number of rotatable bonds is 6. The lowest BCUT2D eigenvalue weighted by Gasteiger charge is -2.23. The molecule has 21 heavy (non-hydrogen) atoms. The zero-order chi connectivity index (χ0) is 15.1. The highest BCUT2D eigenvalue weighted by molar-refractivity contribution is 6.31. The lowest BCUT2D eigenvalue weighted by Crippen LogP contribution is -2.24. The van der Waals surface area contributed by atoms with Crippen molar-refractivity contribution in [1.29, 1.82) is 0 Å². The van der Waals surface area contributed by atoms with E-state index in [1.807, 2.05) is 0 Å². The van der Waals surface area contributed by atoms with Gasteiger partial charge in [-0.3, -0.25) is 0 Å². The van der Waals surface area contributed by atoms with Crippen LogP contribution in [-0.2, 0) is 6.54 Å². The second kappa shape index (κ2) is 8.65. The molecular formula is C18H29ClN2. The minimum absolute atomic E-state index is 0.855. The molecule has 1 N–H and O–H groups in total. The third-order valence-electron chi connectivity index (χ3n) is 4.51. The summed E-state index contributed by atoms with van der Waals surface area (Å²) in [6.07, 6.45) is 6.72.